The van der Waals surface area contributed by atoms with Crippen LogP contribution in [0.25, 0.3) is 0 Å². The zero-order valence-corrected chi connectivity index (χ0v) is 17.8. The molecule has 1 spiro atoms. The average Bonchev–Trinajstić information content (AvgIpc) is 3.31. The first kappa shape index (κ1) is 21.3. The van der Waals surface area contributed by atoms with Crippen molar-refractivity contribution in [2.75, 3.05) is 18.4 Å². The van der Waals surface area contributed by atoms with E-state index in [2.05, 4.69) is 11.9 Å². The number of nitrogens with one attached hydrogen (secondary N) is 1. The van der Waals surface area contributed by atoms with Gasteiger partial charge in [-0.1, -0.05) is 36.9 Å². The quantitative estimate of drug-likeness (QED) is 0.528. The van der Waals surface area contributed by atoms with E-state index in [1.54, 1.807) is 12.1 Å². The van der Waals surface area contributed by atoms with Crippen LogP contribution < -0.4 is 5.32 Å². The first-order chi connectivity index (χ1) is 14.8. The second-order valence-corrected chi connectivity index (χ2v) is 9.96. The molecule has 2 fully saturated rings. The van der Waals surface area contributed by atoms with E-state index in [1.807, 2.05) is 30.3 Å². The minimum absolute atomic E-state index is 0.157. The van der Waals surface area contributed by atoms with Gasteiger partial charge in [0.25, 0.3) is 0 Å². The Hall–Kier alpha value is -2.97. The molecule has 1 saturated heterocycles. The number of rotatable bonds is 7. The largest absolute Gasteiger partial charge is 0.461 e. The maximum atomic E-state index is 13.0. The third-order valence-corrected chi connectivity index (χ3v) is 7.85. The number of benzene rings is 2. The van der Waals surface area contributed by atoms with E-state index >= 15 is 0 Å². The summed E-state index contributed by atoms with van der Waals surface area (Å²) in [6, 6.07) is 15.5. The molecule has 31 heavy (non-hydrogen) atoms. The number of hydrogen-bond donors (Lipinski definition) is 1. The van der Waals surface area contributed by atoms with Crippen LogP contribution in [-0.4, -0.2) is 37.7 Å². The fourth-order valence-electron chi connectivity index (χ4n) is 4.08. The molecule has 1 amide bonds. The standard InChI is InChI=1S/C23H24N2O5S/c1-2-21(26)24-18-8-10-19(11-9-18)31(28,29)25-13-12-23(16-25)14-20(23)22(27)30-15-17-6-4-3-5-7-17/h2-11,20H,1,12-16H2,(H,24,26)/t20-,23+/m0/s1. The topological polar surface area (TPSA) is 92.8 Å². The molecule has 2 atom stereocenters. The van der Waals surface area contributed by atoms with Crippen molar-refractivity contribution < 1.29 is 22.7 Å². The maximum Gasteiger partial charge on any atom is 0.309 e. The van der Waals surface area contributed by atoms with Gasteiger partial charge in [0.05, 0.1) is 10.8 Å². The number of anilines is 1. The van der Waals surface area contributed by atoms with E-state index < -0.39 is 10.0 Å². The number of amides is 1. The van der Waals surface area contributed by atoms with Gasteiger partial charge in [0.15, 0.2) is 0 Å². The summed E-state index contributed by atoms with van der Waals surface area (Å²) in [5.41, 5.74) is 1.10. The predicted octanol–water partition coefficient (Wildman–Crippen LogP) is 2.96. The Bertz CT molecular complexity index is 1100. The van der Waals surface area contributed by atoms with Crippen molar-refractivity contribution in [3.63, 3.8) is 0 Å². The molecule has 1 N–H and O–H groups in total. The highest BCUT2D eigenvalue weighted by Gasteiger charge is 2.63. The van der Waals surface area contributed by atoms with Gasteiger partial charge in [0, 0.05) is 18.8 Å². The van der Waals surface area contributed by atoms with E-state index in [0.717, 1.165) is 11.6 Å². The van der Waals surface area contributed by atoms with Crippen molar-refractivity contribution in [2.24, 2.45) is 11.3 Å². The molecule has 1 heterocycles. The van der Waals surface area contributed by atoms with Crippen molar-refractivity contribution in [1.29, 1.82) is 0 Å². The zero-order chi connectivity index (χ0) is 22.1. The van der Waals surface area contributed by atoms with Gasteiger partial charge in [-0.05, 0) is 54.2 Å². The minimum atomic E-state index is -3.68. The molecular formula is C23H24N2O5S. The molecule has 2 aliphatic rings. The maximum absolute atomic E-state index is 13.0. The van der Waals surface area contributed by atoms with Crippen LogP contribution in [0.1, 0.15) is 18.4 Å². The van der Waals surface area contributed by atoms with Gasteiger partial charge >= 0.3 is 5.97 Å². The van der Waals surface area contributed by atoms with Gasteiger partial charge in [0.2, 0.25) is 15.9 Å². The van der Waals surface area contributed by atoms with E-state index in [9.17, 15) is 18.0 Å². The first-order valence-electron chi connectivity index (χ1n) is 10.1. The Kier molecular flexibility index (Phi) is 5.68. The van der Waals surface area contributed by atoms with Gasteiger partial charge in [-0.2, -0.15) is 4.31 Å². The second kappa shape index (κ2) is 8.28. The summed E-state index contributed by atoms with van der Waals surface area (Å²) in [6.07, 6.45) is 2.44. The van der Waals surface area contributed by atoms with Crippen LogP contribution in [0.2, 0.25) is 0 Å². The Balaban J connectivity index is 1.36. The van der Waals surface area contributed by atoms with Crippen molar-refractivity contribution in [3.8, 4) is 0 Å². The third-order valence-electron chi connectivity index (χ3n) is 5.99. The molecule has 2 aromatic rings. The Labute approximate surface area is 181 Å². The summed E-state index contributed by atoms with van der Waals surface area (Å²) in [7, 11) is -3.68. The lowest BCUT2D eigenvalue weighted by Gasteiger charge is -2.17. The van der Waals surface area contributed by atoms with Gasteiger partial charge < -0.3 is 10.1 Å². The highest BCUT2D eigenvalue weighted by molar-refractivity contribution is 7.89. The van der Waals surface area contributed by atoms with Crippen LogP contribution in [-0.2, 0) is 31.0 Å². The van der Waals surface area contributed by atoms with Gasteiger partial charge in [0.1, 0.15) is 6.61 Å². The number of ether oxygens (including phenoxy) is 1. The number of hydrogen-bond acceptors (Lipinski definition) is 5. The van der Waals surface area contributed by atoms with Crippen molar-refractivity contribution in [1.82, 2.24) is 4.31 Å². The molecule has 0 bridgehead atoms. The van der Waals surface area contributed by atoms with Gasteiger partial charge in [-0.25, -0.2) is 8.42 Å². The van der Waals surface area contributed by atoms with E-state index in [1.165, 1.54) is 16.4 Å². The van der Waals surface area contributed by atoms with Crippen LogP contribution in [0.4, 0.5) is 5.69 Å². The fraction of sp³-hybridized carbons (Fsp3) is 0.304. The van der Waals surface area contributed by atoms with Crippen molar-refractivity contribution in [3.05, 3.63) is 72.8 Å². The smallest absolute Gasteiger partial charge is 0.309 e. The van der Waals surface area contributed by atoms with E-state index in [0.29, 0.717) is 31.6 Å². The van der Waals surface area contributed by atoms with Crippen LogP contribution in [0.5, 0.6) is 0 Å². The Morgan fingerprint density at radius 3 is 2.55 bits per heavy atom. The van der Waals surface area contributed by atoms with Crippen LogP contribution in [0.15, 0.2) is 72.1 Å². The van der Waals surface area contributed by atoms with E-state index in [4.69, 9.17) is 4.74 Å². The summed E-state index contributed by atoms with van der Waals surface area (Å²) < 4.78 is 33.0. The summed E-state index contributed by atoms with van der Waals surface area (Å²) in [6.45, 7) is 4.30. The van der Waals surface area contributed by atoms with Crippen molar-refractivity contribution >= 4 is 27.6 Å². The fourth-order valence-corrected chi connectivity index (χ4v) is 5.61. The normalized spacial score (nSPS) is 22.8. The Morgan fingerprint density at radius 2 is 1.87 bits per heavy atom. The van der Waals surface area contributed by atoms with E-state index in [-0.39, 0.29) is 34.7 Å². The SMILES string of the molecule is C=CC(=O)Nc1ccc(S(=O)(=O)N2CC[C@@]3(C[C@H]3C(=O)OCc3ccccc3)C2)cc1. The minimum Gasteiger partial charge on any atom is -0.461 e. The lowest BCUT2D eigenvalue weighted by molar-refractivity contribution is -0.147. The zero-order valence-electron chi connectivity index (χ0n) is 17.0. The molecule has 7 nitrogen and oxygen atoms in total. The summed E-state index contributed by atoms with van der Waals surface area (Å²) >= 11 is 0. The van der Waals surface area contributed by atoms with Crippen LogP contribution in [0, 0.1) is 11.3 Å². The molecule has 0 aromatic heterocycles. The lowest BCUT2D eigenvalue weighted by Crippen LogP contribution is -2.29. The van der Waals surface area contributed by atoms with Gasteiger partial charge in [-0.15, -0.1) is 0 Å². The molecule has 8 heteroatoms. The molecule has 1 aliphatic heterocycles. The highest BCUT2D eigenvalue weighted by Crippen LogP contribution is 2.59. The molecule has 162 valence electrons. The highest BCUT2D eigenvalue weighted by atomic mass is 32.2. The number of esters is 1. The van der Waals surface area contributed by atoms with Gasteiger partial charge in [-0.3, -0.25) is 9.59 Å². The molecule has 0 unspecified atom stereocenters. The number of sulfonamides is 1. The summed E-state index contributed by atoms with van der Waals surface area (Å²) in [5.74, 6) is -0.880. The predicted molar refractivity (Wildman–Crippen MR) is 115 cm³/mol. The molecule has 2 aromatic carbocycles. The molecule has 4 rings (SSSR count). The van der Waals surface area contributed by atoms with Crippen molar-refractivity contribution in [2.45, 2.75) is 24.3 Å². The monoisotopic (exact) mass is 440 g/mol. The number of carbonyl (C=O) groups is 2. The summed E-state index contributed by atoms with van der Waals surface area (Å²) in [4.78, 5) is 24.0. The Morgan fingerprint density at radius 1 is 1.16 bits per heavy atom. The summed E-state index contributed by atoms with van der Waals surface area (Å²) in [5, 5.41) is 2.59. The molecule has 1 aliphatic carbocycles. The molecule has 1 saturated carbocycles. The molecular weight excluding hydrogens is 416 g/mol. The third kappa shape index (κ3) is 4.40. The van der Waals surface area contributed by atoms with Crippen LogP contribution >= 0.6 is 0 Å². The second-order valence-electron chi connectivity index (χ2n) is 8.02. The number of carbonyl (C=O) groups excluding carboxylic acids is 2. The molecule has 0 radical (unpaired) electrons. The first-order valence-corrected chi connectivity index (χ1v) is 11.5. The number of nitrogens with zero attached hydrogens (tertiary/aromatic N) is 1. The lowest BCUT2D eigenvalue weighted by atomic mass is 10.0. The average molecular weight is 441 g/mol. The van der Waals surface area contributed by atoms with Crippen LogP contribution in [0.3, 0.4) is 0 Å².